The second-order valence-corrected chi connectivity index (χ2v) is 10.1. The standard InChI is InChI=1S/C23H27N5O4S/c1-16-4-6-17(7-5-16)19-9-8-18(22(29)27-33(30,31)20-10-13-24-26-20)21(25-19)28(3)23(2)11-14-32-15-12-23/h4-10,13H,11-12,14-15H2,1-3H3,(H,24,26)(H,27,29). The van der Waals surface area contributed by atoms with Crippen LogP contribution in [0.15, 0.2) is 53.7 Å². The van der Waals surface area contributed by atoms with Crippen LogP contribution in [-0.4, -0.2) is 55.3 Å². The first kappa shape index (κ1) is 22.9. The summed E-state index contributed by atoms with van der Waals surface area (Å²) in [6.45, 7) is 5.31. The van der Waals surface area contributed by atoms with Gasteiger partial charge in [-0.1, -0.05) is 29.8 Å². The summed E-state index contributed by atoms with van der Waals surface area (Å²) in [6.07, 6.45) is 2.89. The Kier molecular flexibility index (Phi) is 6.22. The smallest absolute Gasteiger partial charge is 0.283 e. The van der Waals surface area contributed by atoms with Crippen molar-refractivity contribution in [1.29, 1.82) is 0 Å². The molecule has 0 spiro atoms. The minimum Gasteiger partial charge on any atom is -0.381 e. The Balaban J connectivity index is 1.75. The zero-order valence-corrected chi connectivity index (χ0v) is 19.6. The Morgan fingerprint density at radius 3 is 2.45 bits per heavy atom. The SMILES string of the molecule is Cc1ccc(-c2ccc(C(=O)NS(=O)(=O)c3cc[nH]n3)c(N(C)C3(C)CCOCC3)n2)cc1. The maximum absolute atomic E-state index is 13.1. The van der Waals surface area contributed by atoms with Crippen LogP contribution in [0.4, 0.5) is 5.82 Å². The maximum atomic E-state index is 13.1. The molecule has 174 valence electrons. The molecule has 0 bridgehead atoms. The minimum absolute atomic E-state index is 0.167. The normalized spacial score (nSPS) is 15.7. The van der Waals surface area contributed by atoms with Crippen LogP contribution < -0.4 is 9.62 Å². The molecule has 0 saturated carbocycles. The number of aromatic nitrogens is 3. The van der Waals surface area contributed by atoms with E-state index in [4.69, 9.17) is 9.72 Å². The van der Waals surface area contributed by atoms with Gasteiger partial charge in [0.05, 0.1) is 11.3 Å². The Labute approximate surface area is 193 Å². The molecule has 1 aliphatic heterocycles. The molecule has 1 aliphatic rings. The summed E-state index contributed by atoms with van der Waals surface area (Å²) in [6, 6.07) is 12.6. The second-order valence-electron chi connectivity index (χ2n) is 8.45. The number of benzene rings is 1. The quantitative estimate of drug-likeness (QED) is 0.570. The van der Waals surface area contributed by atoms with Crippen molar-refractivity contribution >= 4 is 21.7 Å². The van der Waals surface area contributed by atoms with E-state index >= 15 is 0 Å². The molecule has 0 unspecified atom stereocenters. The lowest BCUT2D eigenvalue weighted by molar-refractivity contribution is 0.0574. The van der Waals surface area contributed by atoms with Gasteiger partial charge in [-0.15, -0.1) is 0 Å². The van der Waals surface area contributed by atoms with E-state index in [1.54, 1.807) is 12.1 Å². The van der Waals surface area contributed by atoms with Crippen molar-refractivity contribution in [2.45, 2.75) is 37.3 Å². The van der Waals surface area contributed by atoms with Gasteiger partial charge < -0.3 is 9.64 Å². The van der Waals surface area contributed by atoms with E-state index in [-0.39, 0.29) is 16.1 Å². The number of ether oxygens (including phenoxy) is 1. The van der Waals surface area contributed by atoms with E-state index in [0.29, 0.717) is 24.7 Å². The molecule has 1 fully saturated rings. The summed E-state index contributed by atoms with van der Waals surface area (Å²) in [5.41, 5.74) is 2.60. The first-order valence-corrected chi connectivity index (χ1v) is 12.1. The monoisotopic (exact) mass is 469 g/mol. The fraction of sp³-hybridized carbons (Fsp3) is 0.348. The fourth-order valence-corrected chi connectivity index (χ4v) is 4.67. The van der Waals surface area contributed by atoms with Crippen LogP contribution in [0.3, 0.4) is 0 Å². The number of nitrogens with one attached hydrogen (secondary N) is 2. The van der Waals surface area contributed by atoms with E-state index < -0.39 is 15.9 Å². The van der Waals surface area contributed by atoms with Crippen molar-refractivity contribution in [3.8, 4) is 11.3 Å². The molecule has 9 nitrogen and oxygen atoms in total. The predicted octanol–water partition coefficient (Wildman–Crippen LogP) is 2.90. The Morgan fingerprint density at radius 1 is 1.12 bits per heavy atom. The van der Waals surface area contributed by atoms with Crippen LogP contribution in [0.1, 0.15) is 35.7 Å². The summed E-state index contributed by atoms with van der Waals surface area (Å²) in [4.78, 5) is 19.9. The highest BCUT2D eigenvalue weighted by Crippen LogP contribution is 2.33. The van der Waals surface area contributed by atoms with Gasteiger partial charge in [-0.2, -0.15) is 13.5 Å². The van der Waals surface area contributed by atoms with Crippen molar-refractivity contribution in [2.75, 3.05) is 25.2 Å². The molecule has 4 rings (SSSR count). The molecule has 2 N–H and O–H groups in total. The van der Waals surface area contributed by atoms with Gasteiger partial charge in [0.2, 0.25) is 0 Å². The van der Waals surface area contributed by atoms with Crippen molar-refractivity contribution in [2.24, 2.45) is 0 Å². The highest BCUT2D eigenvalue weighted by molar-refractivity contribution is 7.90. The summed E-state index contributed by atoms with van der Waals surface area (Å²) in [5.74, 6) is -0.356. The maximum Gasteiger partial charge on any atom is 0.283 e. The van der Waals surface area contributed by atoms with Gasteiger partial charge >= 0.3 is 0 Å². The third kappa shape index (κ3) is 4.76. The van der Waals surface area contributed by atoms with E-state index in [9.17, 15) is 13.2 Å². The number of amides is 1. The zero-order chi connectivity index (χ0) is 23.6. The lowest BCUT2D eigenvalue weighted by Crippen LogP contribution is -2.49. The number of hydrogen-bond donors (Lipinski definition) is 2. The first-order valence-electron chi connectivity index (χ1n) is 10.7. The average Bonchev–Trinajstić information content (AvgIpc) is 3.35. The summed E-state index contributed by atoms with van der Waals surface area (Å²) in [5, 5.41) is 5.86. The summed E-state index contributed by atoms with van der Waals surface area (Å²) >= 11 is 0. The van der Waals surface area contributed by atoms with Gasteiger partial charge in [-0.05, 0) is 44.9 Å². The van der Waals surface area contributed by atoms with Crippen LogP contribution in [-0.2, 0) is 14.8 Å². The molecule has 1 amide bonds. The number of rotatable bonds is 6. The van der Waals surface area contributed by atoms with E-state index in [1.165, 1.54) is 12.3 Å². The predicted molar refractivity (Wildman–Crippen MR) is 125 cm³/mol. The molecule has 3 aromatic rings. The number of anilines is 1. The van der Waals surface area contributed by atoms with Gasteiger partial charge in [0, 0.05) is 37.6 Å². The van der Waals surface area contributed by atoms with Crippen LogP contribution >= 0.6 is 0 Å². The van der Waals surface area contributed by atoms with Gasteiger partial charge in [0.15, 0.2) is 5.03 Å². The number of aryl methyl sites for hydroxylation is 1. The Morgan fingerprint density at radius 2 is 1.82 bits per heavy atom. The molecule has 33 heavy (non-hydrogen) atoms. The van der Waals surface area contributed by atoms with Crippen molar-refractivity contribution in [3.05, 3.63) is 59.8 Å². The van der Waals surface area contributed by atoms with E-state index in [2.05, 4.69) is 21.8 Å². The number of nitrogens with zero attached hydrogens (tertiary/aromatic N) is 3. The van der Waals surface area contributed by atoms with Gasteiger partial charge in [-0.25, -0.2) is 9.71 Å². The molecule has 2 aromatic heterocycles. The van der Waals surface area contributed by atoms with Gasteiger partial charge in [-0.3, -0.25) is 9.89 Å². The van der Waals surface area contributed by atoms with Crippen LogP contribution in [0.25, 0.3) is 11.3 Å². The van der Waals surface area contributed by atoms with Crippen LogP contribution in [0.5, 0.6) is 0 Å². The van der Waals surface area contributed by atoms with Crippen LogP contribution in [0, 0.1) is 6.92 Å². The van der Waals surface area contributed by atoms with Crippen molar-refractivity contribution < 1.29 is 17.9 Å². The zero-order valence-electron chi connectivity index (χ0n) is 18.8. The lowest BCUT2D eigenvalue weighted by Gasteiger charge is -2.43. The summed E-state index contributed by atoms with van der Waals surface area (Å²) in [7, 11) is -2.24. The lowest BCUT2D eigenvalue weighted by atomic mass is 9.90. The van der Waals surface area contributed by atoms with Crippen molar-refractivity contribution in [1.82, 2.24) is 19.9 Å². The van der Waals surface area contributed by atoms with E-state index in [0.717, 1.165) is 24.0 Å². The number of carbonyl (C=O) groups is 1. The van der Waals surface area contributed by atoms with E-state index in [1.807, 2.05) is 43.1 Å². The minimum atomic E-state index is -4.12. The molecular formula is C23H27N5O4S. The first-order chi connectivity index (χ1) is 15.7. The van der Waals surface area contributed by atoms with Crippen molar-refractivity contribution in [3.63, 3.8) is 0 Å². The van der Waals surface area contributed by atoms with Gasteiger partial charge in [0.1, 0.15) is 5.82 Å². The molecule has 10 heteroatoms. The third-order valence-electron chi connectivity index (χ3n) is 6.14. The molecule has 0 radical (unpaired) electrons. The van der Waals surface area contributed by atoms with Crippen LogP contribution in [0.2, 0.25) is 0 Å². The molecule has 1 saturated heterocycles. The molecule has 0 aliphatic carbocycles. The second kappa shape index (κ2) is 8.95. The topological polar surface area (TPSA) is 117 Å². The molecule has 3 heterocycles. The number of sulfonamides is 1. The fourth-order valence-electron chi connectivity index (χ4n) is 3.79. The number of hydrogen-bond acceptors (Lipinski definition) is 7. The Hall–Kier alpha value is -3.24. The van der Waals surface area contributed by atoms with Gasteiger partial charge in [0.25, 0.3) is 15.9 Å². The highest BCUT2D eigenvalue weighted by atomic mass is 32.2. The molecule has 0 atom stereocenters. The average molecular weight is 470 g/mol. The number of carbonyl (C=O) groups excluding carboxylic acids is 1. The number of pyridine rings is 1. The largest absolute Gasteiger partial charge is 0.381 e. The Bertz CT molecular complexity index is 1230. The summed E-state index contributed by atoms with van der Waals surface area (Å²) < 4.78 is 32.8. The number of H-pyrrole nitrogens is 1. The number of aromatic amines is 1. The molecule has 1 aromatic carbocycles. The molecular weight excluding hydrogens is 442 g/mol. The highest BCUT2D eigenvalue weighted by Gasteiger charge is 2.35. The third-order valence-corrected chi connectivity index (χ3v) is 7.37.